The molecule has 0 bridgehead atoms. The fraction of sp³-hybridized carbons (Fsp3) is 0.947. The molecule has 2 fully saturated rings. The van der Waals surface area contributed by atoms with Crippen molar-refractivity contribution in [3.05, 3.63) is 0 Å². The van der Waals surface area contributed by atoms with Gasteiger partial charge in [-0.05, 0) is 32.7 Å². The second-order valence-electron chi connectivity index (χ2n) is 7.72. The van der Waals surface area contributed by atoms with Crippen LogP contribution in [0.25, 0.3) is 0 Å². The van der Waals surface area contributed by atoms with Crippen LogP contribution in [-0.2, 0) is 4.74 Å². The highest BCUT2D eigenvalue weighted by molar-refractivity contribution is 5.80. The molecule has 2 rings (SSSR count). The molecule has 2 aliphatic heterocycles. The molecule has 2 saturated heterocycles. The number of nitrogens with one attached hydrogen (secondary N) is 1. The Morgan fingerprint density at radius 3 is 2.28 bits per heavy atom. The molecule has 6 heteroatoms. The third-order valence-electron chi connectivity index (χ3n) is 5.60. The van der Waals surface area contributed by atoms with E-state index in [4.69, 9.17) is 4.74 Å². The number of guanidine groups is 1. The number of hydrogen-bond acceptors (Lipinski definition) is 4. The van der Waals surface area contributed by atoms with Crippen LogP contribution in [0.3, 0.4) is 0 Å². The smallest absolute Gasteiger partial charge is 0.193 e. The van der Waals surface area contributed by atoms with Crippen LogP contribution in [0.15, 0.2) is 4.99 Å². The monoisotopic (exact) mass is 353 g/mol. The van der Waals surface area contributed by atoms with E-state index in [-0.39, 0.29) is 0 Å². The Kier molecular flexibility index (Phi) is 8.46. The van der Waals surface area contributed by atoms with Gasteiger partial charge in [-0.15, -0.1) is 0 Å². The Bertz CT molecular complexity index is 399. The number of aliphatic imine (C=N–C) groups is 1. The quantitative estimate of drug-likeness (QED) is 0.577. The van der Waals surface area contributed by atoms with Gasteiger partial charge in [-0.25, -0.2) is 0 Å². The first-order chi connectivity index (χ1) is 12.0. The van der Waals surface area contributed by atoms with Crippen LogP contribution < -0.4 is 5.32 Å². The molecule has 0 spiro atoms. The van der Waals surface area contributed by atoms with E-state index < -0.39 is 0 Å². The number of ether oxygens (including phenoxy) is 1. The Morgan fingerprint density at radius 1 is 1.12 bits per heavy atom. The molecule has 25 heavy (non-hydrogen) atoms. The van der Waals surface area contributed by atoms with Gasteiger partial charge in [-0.2, -0.15) is 0 Å². The Balaban J connectivity index is 1.83. The molecule has 0 amide bonds. The second-order valence-corrected chi connectivity index (χ2v) is 7.72. The van der Waals surface area contributed by atoms with E-state index in [0.717, 1.165) is 45.0 Å². The van der Waals surface area contributed by atoms with Crippen molar-refractivity contribution in [3.63, 3.8) is 0 Å². The summed E-state index contributed by atoms with van der Waals surface area (Å²) in [4.78, 5) is 12.0. The molecule has 0 aromatic rings. The van der Waals surface area contributed by atoms with E-state index in [1.807, 2.05) is 7.05 Å². The van der Waals surface area contributed by atoms with Gasteiger partial charge < -0.3 is 19.9 Å². The summed E-state index contributed by atoms with van der Waals surface area (Å²) in [5, 5.41) is 3.66. The minimum Gasteiger partial charge on any atom is -0.378 e. The number of rotatable bonds is 6. The van der Waals surface area contributed by atoms with Crippen molar-refractivity contribution in [1.29, 1.82) is 0 Å². The van der Waals surface area contributed by atoms with E-state index in [1.54, 1.807) is 0 Å². The fourth-order valence-electron chi connectivity index (χ4n) is 3.94. The van der Waals surface area contributed by atoms with Gasteiger partial charge in [0.15, 0.2) is 5.96 Å². The third kappa shape index (κ3) is 6.12. The van der Waals surface area contributed by atoms with Crippen molar-refractivity contribution in [2.45, 2.75) is 45.8 Å². The molecule has 1 N–H and O–H groups in total. The van der Waals surface area contributed by atoms with Crippen LogP contribution in [0.4, 0.5) is 0 Å². The standard InChI is InChI=1S/C19H39N5O/c1-6-25-17-7-9-24(10-8-17)19(20-4)21-15-18(16(2)3)23-13-11-22(5)12-14-23/h16-18H,6-15H2,1-5H3,(H,20,21). The lowest BCUT2D eigenvalue weighted by molar-refractivity contribution is 0.0262. The minimum absolute atomic E-state index is 0.424. The van der Waals surface area contributed by atoms with E-state index in [2.05, 4.69) is 52.8 Å². The topological polar surface area (TPSA) is 43.3 Å². The molecule has 6 nitrogen and oxygen atoms in total. The summed E-state index contributed by atoms with van der Waals surface area (Å²) in [5.74, 6) is 1.69. The summed E-state index contributed by atoms with van der Waals surface area (Å²) >= 11 is 0. The second kappa shape index (κ2) is 10.3. The molecular formula is C19H39N5O. The highest BCUT2D eigenvalue weighted by atomic mass is 16.5. The molecule has 0 aromatic heterocycles. The van der Waals surface area contributed by atoms with E-state index in [0.29, 0.717) is 18.1 Å². The fourth-order valence-corrected chi connectivity index (χ4v) is 3.94. The summed E-state index contributed by atoms with van der Waals surface area (Å²) in [6.45, 7) is 15.3. The molecule has 1 atom stereocenters. The number of piperazine rings is 1. The van der Waals surface area contributed by atoms with Gasteiger partial charge in [-0.3, -0.25) is 9.89 Å². The van der Waals surface area contributed by atoms with Gasteiger partial charge in [-0.1, -0.05) is 13.8 Å². The maximum Gasteiger partial charge on any atom is 0.193 e. The van der Waals surface area contributed by atoms with Gasteiger partial charge in [0.2, 0.25) is 0 Å². The lowest BCUT2D eigenvalue weighted by Crippen LogP contribution is -2.56. The van der Waals surface area contributed by atoms with Crippen molar-refractivity contribution in [3.8, 4) is 0 Å². The molecule has 0 aliphatic carbocycles. The van der Waals surface area contributed by atoms with Gasteiger partial charge in [0.25, 0.3) is 0 Å². The van der Waals surface area contributed by atoms with Crippen molar-refractivity contribution >= 4 is 5.96 Å². The number of hydrogen-bond donors (Lipinski definition) is 1. The van der Waals surface area contributed by atoms with Crippen LogP contribution in [0, 0.1) is 5.92 Å². The van der Waals surface area contributed by atoms with Crippen molar-refractivity contribution < 1.29 is 4.74 Å². The zero-order valence-corrected chi connectivity index (χ0v) is 17.0. The molecule has 146 valence electrons. The number of likely N-dealkylation sites (N-methyl/N-ethyl adjacent to an activating group) is 1. The average Bonchev–Trinajstić information content (AvgIpc) is 2.61. The van der Waals surface area contributed by atoms with Crippen LogP contribution in [0.2, 0.25) is 0 Å². The first kappa shape index (κ1) is 20.5. The molecule has 0 aromatic carbocycles. The lowest BCUT2D eigenvalue weighted by Gasteiger charge is -2.41. The van der Waals surface area contributed by atoms with Crippen LogP contribution >= 0.6 is 0 Å². The minimum atomic E-state index is 0.424. The van der Waals surface area contributed by atoms with Gasteiger partial charge in [0.05, 0.1) is 6.10 Å². The van der Waals surface area contributed by atoms with Crippen LogP contribution in [0.5, 0.6) is 0 Å². The summed E-state index contributed by atoms with van der Waals surface area (Å²) in [5.41, 5.74) is 0. The third-order valence-corrected chi connectivity index (χ3v) is 5.60. The molecule has 2 heterocycles. The van der Waals surface area contributed by atoms with E-state index in [1.165, 1.54) is 26.2 Å². The molecule has 0 radical (unpaired) electrons. The molecule has 2 aliphatic rings. The number of nitrogens with zero attached hydrogens (tertiary/aromatic N) is 4. The maximum absolute atomic E-state index is 5.76. The van der Waals surface area contributed by atoms with Crippen LogP contribution in [0.1, 0.15) is 33.6 Å². The lowest BCUT2D eigenvalue weighted by atomic mass is 10.0. The predicted octanol–water partition coefficient (Wildman–Crippen LogP) is 1.33. The largest absolute Gasteiger partial charge is 0.378 e. The maximum atomic E-state index is 5.76. The Morgan fingerprint density at radius 2 is 1.76 bits per heavy atom. The first-order valence-electron chi connectivity index (χ1n) is 10.0. The van der Waals surface area contributed by atoms with E-state index >= 15 is 0 Å². The SMILES string of the molecule is CCOC1CCN(C(=NC)NCC(C(C)C)N2CCN(C)CC2)CC1. The predicted molar refractivity (Wildman–Crippen MR) is 105 cm³/mol. The Hall–Kier alpha value is -0.850. The van der Waals surface area contributed by atoms with Gasteiger partial charge in [0, 0.05) is 65.5 Å². The summed E-state index contributed by atoms with van der Waals surface area (Å²) in [6, 6.07) is 0.561. The van der Waals surface area contributed by atoms with Crippen molar-refractivity contribution in [1.82, 2.24) is 20.0 Å². The zero-order chi connectivity index (χ0) is 18.2. The summed E-state index contributed by atoms with van der Waals surface area (Å²) in [6.07, 6.45) is 2.62. The average molecular weight is 354 g/mol. The van der Waals surface area contributed by atoms with E-state index in [9.17, 15) is 0 Å². The first-order valence-corrected chi connectivity index (χ1v) is 10.0. The Labute approximate surface area is 154 Å². The zero-order valence-electron chi connectivity index (χ0n) is 17.0. The van der Waals surface area contributed by atoms with Gasteiger partial charge >= 0.3 is 0 Å². The normalized spacial score (nSPS) is 23.3. The molecular weight excluding hydrogens is 314 g/mol. The highest BCUT2D eigenvalue weighted by Crippen LogP contribution is 2.15. The number of piperidine rings is 1. The molecule has 0 saturated carbocycles. The highest BCUT2D eigenvalue weighted by Gasteiger charge is 2.26. The van der Waals surface area contributed by atoms with Crippen LogP contribution in [-0.4, -0.2) is 99.3 Å². The van der Waals surface area contributed by atoms with Crippen molar-refractivity contribution in [2.24, 2.45) is 10.9 Å². The van der Waals surface area contributed by atoms with Crippen molar-refractivity contribution in [2.75, 3.05) is 66.5 Å². The number of likely N-dealkylation sites (tertiary alicyclic amines) is 1. The molecule has 1 unspecified atom stereocenters. The summed E-state index contributed by atoms with van der Waals surface area (Å²) < 4.78 is 5.76. The summed E-state index contributed by atoms with van der Waals surface area (Å²) in [7, 11) is 4.12. The van der Waals surface area contributed by atoms with Gasteiger partial charge in [0.1, 0.15) is 0 Å².